The van der Waals surface area contributed by atoms with E-state index in [1.165, 1.54) is 51.4 Å². The number of hydrogen-bond acceptors (Lipinski definition) is 2. The largest absolute Gasteiger partial charge is 0.353 e. The van der Waals surface area contributed by atoms with Crippen molar-refractivity contribution in [1.29, 1.82) is 0 Å². The maximum absolute atomic E-state index is 4.54. The highest BCUT2D eigenvalue weighted by Gasteiger charge is 2.24. The van der Waals surface area contributed by atoms with E-state index < -0.39 is 0 Å². The highest BCUT2D eigenvalue weighted by molar-refractivity contribution is 5.29. The molecule has 1 aromatic heterocycles. The summed E-state index contributed by atoms with van der Waals surface area (Å²) in [6, 6.07) is 1.31. The number of anilines is 1. The quantitative estimate of drug-likeness (QED) is 0.875. The first kappa shape index (κ1) is 12.1. The number of aromatic nitrogens is 2. The van der Waals surface area contributed by atoms with Crippen molar-refractivity contribution in [1.82, 2.24) is 9.55 Å². The number of nitrogens with zero attached hydrogens (tertiary/aromatic N) is 2. The fourth-order valence-electron chi connectivity index (χ4n) is 3.60. The lowest BCUT2D eigenvalue weighted by Crippen LogP contribution is -2.31. The predicted molar refractivity (Wildman–Crippen MR) is 74.8 cm³/mol. The summed E-state index contributed by atoms with van der Waals surface area (Å²) >= 11 is 0. The van der Waals surface area contributed by atoms with Crippen LogP contribution in [0.4, 0.5) is 5.95 Å². The van der Waals surface area contributed by atoms with Gasteiger partial charge in [0.2, 0.25) is 5.95 Å². The van der Waals surface area contributed by atoms with Crippen LogP contribution >= 0.6 is 0 Å². The molecule has 1 aromatic rings. The Morgan fingerprint density at radius 3 is 2.61 bits per heavy atom. The summed E-state index contributed by atoms with van der Waals surface area (Å²) < 4.78 is 2.38. The van der Waals surface area contributed by atoms with Crippen LogP contribution in [-0.2, 0) is 0 Å². The van der Waals surface area contributed by atoms with Crippen LogP contribution in [0.5, 0.6) is 0 Å². The molecule has 100 valence electrons. The zero-order valence-corrected chi connectivity index (χ0v) is 11.4. The maximum Gasteiger partial charge on any atom is 0.203 e. The molecule has 2 unspecified atom stereocenters. The van der Waals surface area contributed by atoms with Crippen LogP contribution in [0.2, 0.25) is 0 Å². The minimum Gasteiger partial charge on any atom is -0.353 e. The smallest absolute Gasteiger partial charge is 0.203 e. The molecule has 3 heteroatoms. The van der Waals surface area contributed by atoms with E-state index >= 15 is 0 Å². The van der Waals surface area contributed by atoms with Gasteiger partial charge in [-0.25, -0.2) is 4.98 Å². The fourth-order valence-corrected chi connectivity index (χ4v) is 3.60. The van der Waals surface area contributed by atoms with Crippen LogP contribution in [0, 0.1) is 5.92 Å². The lowest BCUT2D eigenvalue weighted by atomic mass is 9.86. The number of nitrogens with one attached hydrogen (secondary N) is 1. The Morgan fingerprint density at radius 1 is 1.11 bits per heavy atom. The standard InChI is InChI=1S/C15H25N3/c1-12-6-2-5-9-14(12)17-15-16-10-11-18(15)13-7-3-4-8-13/h10-14H,2-9H2,1H3,(H,16,17). The molecular weight excluding hydrogens is 222 g/mol. The van der Waals surface area contributed by atoms with Crippen LogP contribution < -0.4 is 5.32 Å². The van der Waals surface area contributed by atoms with Crippen molar-refractivity contribution in [2.75, 3.05) is 5.32 Å². The first-order chi connectivity index (χ1) is 8.84. The van der Waals surface area contributed by atoms with E-state index in [9.17, 15) is 0 Å². The van der Waals surface area contributed by atoms with Gasteiger partial charge in [-0.3, -0.25) is 0 Å². The van der Waals surface area contributed by atoms with Gasteiger partial charge in [-0.2, -0.15) is 0 Å². The monoisotopic (exact) mass is 247 g/mol. The maximum atomic E-state index is 4.54. The van der Waals surface area contributed by atoms with Crippen LogP contribution in [0.25, 0.3) is 0 Å². The molecule has 0 bridgehead atoms. The van der Waals surface area contributed by atoms with Crippen molar-refractivity contribution in [2.24, 2.45) is 5.92 Å². The van der Waals surface area contributed by atoms with Crippen molar-refractivity contribution in [3.05, 3.63) is 12.4 Å². The van der Waals surface area contributed by atoms with Gasteiger partial charge in [-0.05, 0) is 31.6 Å². The van der Waals surface area contributed by atoms with Gasteiger partial charge in [0.1, 0.15) is 0 Å². The SMILES string of the molecule is CC1CCCCC1Nc1nccn1C1CCCC1. The Labute approximate surface area is 110 Å². The molecule has 2 saturated carbocycles. The van der Waals surface area contributed by atoms with Crippen molar-refractivity contribution >= 4 is 5.95 Å². The molecule has 0 spiro atoms. The summed E-state index contributed by atoms with van der Waals surface area (Å²) in [5.41, 5.74) is 0. The van der Waals surface area contributed by atoms with Crippen LogP contribution in [0.3, 0.4) is 0 Å². The summed E-state index contributed by atoms with van der Waals surface area (Å²) in [7, 11) is 0. The second kappa shape index (κ2) is 5.33. The van der Waals surface area contributed by atoms with E-state index in [0.717, 1.165) is 11.9 Å². The molecule has 0 aromatic carbocycles. The van der Waals surface area contributed by atoms with Gasteiger partial charge in [0.15, 0.2) is 0 Å². The second-order valence-electron chi connectivity index (χ2n) is 6.11. The first-order valence-corrected chi connectivity index (χ1v) is 7.64. The molecule has 2 atom stereocenters. The highest BCUT2D eigenvalue weighted by Crippen LogP contribution is 2.33. The number of imidazole rings is 1. The lowest BCUT2D eigenvalue weighted by Gasteiger charge is -2.30. The summed E-state index contributed by atoms with van der Waals surface area (Å²) in [5.74, 6) is 1.90. The second-order valence-corrected chi connectivity index (χ2v) is 6.11. The zero-order valence-electron chi connectivity index (χ0n) is 11.4. The highest BCUT2D eigenvalue weighted by atomic mass is 15.2. The number of hydrogen-bond donors (Lipinski definition) is 1. The molecular formula is C15H25N3. The average Bonchev–Trinajstić information content (AvgIpc) is 3.02. The minimum absolute atomic E-state index is 0.626. The Bertz CT molecular complexity index is 379. The van der Waals surface area contributed by atoms with E-state index in [1.54, 1.807) is 0 Å². The molecule has 18 heavy (non-hydrogen) atoms. The molecule has 3 nitrogen and oxygen atoms in total. The molecule has 0 aliphatic heterocycles. The third kappa shape index (κ3) is 2.40. The topological polar surface area (TPSA) is 29.9 Å². The van der Waals surface area contributed by atoms with Gasteiger partial charge in [-0.1, -0.05) is 32.6 Å². The summed E-state index contributed by atoms with van der Waals surface area (Å²) in [5, 5.41) is 3.71. The first-order valence-electron chi connectivity index (χ1n) is 7.64. The summed E-state index contributed by atoms with van der Waals surface area (Å²) in [4.78, 5) is 4.54. The molecule has 2 fully saturated rings. The van der Waals surface area contributed by atoms with Gasteiger partial charge < -0.3 is 9.88 Å². The Kier molecular flexibility index (Phi) is 3.57. The summed E-state index contributed by atoms with van der Waals surface area (Å²) in [6.45, 7) is 2.37. The number of rotatable bonds is 3. The van der Waals surface area contributed by atoms with Gasteiger partial charge in [0, 0.05) is 24.5 Å². The van der Waals surface area contributed by atoms with E-state index in [0.29, 0.717) is 12.1 Å². The van der Waals surface area contributed by atoms with E-state index in [-0.39, 0.29) is 0 Å². The molecule has 2 aliphatic carbocycles. The molecule has 0 amide bonds. The van der Waals surface area contributed by atoms with Gasteiger partial charge in [0.05, 0.1) is 0 Å². The van der Waals surface area contributed by atoms with Crippen molar-refractivity contribution < 1.29 is 0 Å². The Hall–Kier alpha value is -0.990. The lowest BCUT2D eigenvalue weighted by molar-refractivity contribution is 0.346. The van der Waals surface area contributed by atoms with Gasteiger partial charge in [-0.15, -0.1) is 0 Å². The molecule has 0 saturated heterocycles. The fraction of sp³-hybridized carbons (Fsp3) is 0.800. The van der Waals surface area contributed by atoms with Gasteiger partial charge >= 0.3 is 0 Å². The van der Waals surface area contributed by atoms with Crippen LogP contribution in [0.15, 0.2) is 12.4 Å². The van der Waals surface area contributed by atoms with Crippen LogP contribution in [-0.4, -0.2) is 15.6 Å². The zero-order chi connectivity index (χ0) is 12.4. The van der Waals surface area contributed by atoms with E-state index in [2.05, 4.69) is 28.0 Å². The van der Waals surface area contributed by atoms with Crippen LogP contribution in [0.1, 0.15) is 64.3 Å². The minimum atomic E-state index is 0.626. The van der Waals surface area contributed by atoms with E-state index in [4.69, 9.17) is 0 Å². The van der Waals surface area contributed by atoms with E-state index in [1.807, 2.05) is 6.20 Å². The normalized spacial score (nSPS) is 29.6. The van der Waals surface area contributed by atoms with Crippen molar-refractivity contribution in [3.63, 3.8) is 0 Å². The Morgan fingerprint density at radius 2 is 1.83 bits per heavy atom. The average molecular weight is 247 g/mol. The predicted octanol–water partition coefficient (Wildman–Crippen LogP) is 3.99. The molecule has 2 aliphatic rings. The molecule has 1 heterocycles. The molecule has 3 rings (SSSR count). The Balaban J connectivity index is 1.70. The third-order valence-electron chi connectivity index (χ3n) is 4.81. The third-order valence-corrected chi connectivity index (χ3v) is 4.81. The summed E-state index contributed by atoms with van der Waals surface area (Å²) in [6.07, 6.45) is 14.9. The molecule has 1 N–H and O–H groups in total. The molecule has 0 radical (unpaired) electrons. The van der Waals surface area contributed by atoms with Crippen molar-refractivity contribution in [3.8, 4) is 0 Å². The van der Waals surface area contributed by atoms with Crippen molar-refractivity contribution in [2.45, 2.75) is 70.4 Å². The van der Waals surface area contributed by atoms with Gasteiger partial charge in [0.25, 0.3) is 0 Å².